The lowest BCUT2D eigenvalue weighted by molar-refractivity contribution is 0.284. The molecule has 1 unspecified atom stereocenters. The van der Waals surface area contributed by atoms with Crippen molar-refractivity contribution in [2.75, 3.05) is 18.4 Å². The third kappa shape index (κ3) is 3.90. The lowest BCUT2D eigenvalue weighted by Gasteiger charge is -2.33. The molecule has 2 N–H and O–H groups in total. The fourth-order valence-corrected chi connectivity index (χ4v) is 5.39. The summed E-state index contributed by atoms with van der Waals surface area (Å²) in [6.45, 7) is 3.99. The molecule has 1 aromatic carbocycles. The molecule has 0 radical (unpaired) electrons. The van der Waals surface area contributed by atoms with Gasteiger partial charge in [-0.15, -0.1) is 12.4 Å². The molecule has 3 aliphatic rings. The zero-order chi connectivity index (χ0) is 22.7. The standard InChI is InChI=1S/C24H23ClF2N6.ClH/c1-12(14-3-2-4-14)31-23-21(22(25)32-24-29-11-30-33(23)24)20-18(26)7-13(8-19(20)27)5-6-15-16-9-28-10-17(15)16;/h7-8,11-12,14-17,28,31H,2-4,9-10H2,1H3;1H/t12-,15?,16-,17+;/m1./s1. The van der Waals surface area contributed by atoms with E-state index in [0.717, 1.165) is 25.9 Å². The topological polar surface area (TPSA) is 67.1 Å². The molecular weight excluding hydrogens is 481 g/mol. The van der Waals surface area contributed by atoms with Crippen LogP contribution in [0.15, 0.2) is 18.5 Å². The van der Waals surface area contributed by atoms with E-state index in [1.165, 1.54) is 29.4 Å². The van der Waals surface area contributed by atoms with Gasteiger partial charge in [-0.05, 0) is 62.7 Å². The molecule has 3 fully saturated rings. The minimum Gasteiger partial charge on any atom is -0.367 e. The second-order valence-electron chi connectivity index (χ2n) is 9.32. The van der Waals surface area contributed by atoms with Crippen molar-refractivity contribution in [1.82, 2.24) is 24.9 Å². The molecule has 2 aromatic heterocycles. The molecule has 178 valence electrons. The number of anilines is 1. The van der Waals surface area contributed by atoms with E-state index < -0.39 is 11.6 Å². The van der Waals surface area contributed by atoms with Gasteiger partial charge in [0.25, 0.3) is 5.78 Å². The molecule has 2 aliphatic carbocycles. The van der Waals surface area contributed by atoms with Crippen LogP contribution in [-0.2, 0) is 0 Å². The third-order valence-corrected chi connectivity index (χ3v) is 7.64. The van der Waals surface area contributed by atoms with Crippen molar-refractivity contribution in [3.63, 3.8) is 0 Å². The Morgan fingerprint density at radius 1 is 1.18 bits per heavy atom. The number of nitrogens with one attached hydrogen (secondary N) is 2. The molecule has 10 heteroatoms. The average Bonchev–Trinajstić information content (AvgIpc) is 3.09. The summed E-state index contributed by atoms with van der Waals surface area (Å²) < 4.78 is 32.1. The third-order valence-electron chi connectivity index (χ3n) is 7.37. The molecule has 3 aromatic rings. The predicted molar refractivity (Wildman–Crippen MR) is 129 cm³/mol. The van der Waals surface area contributed by atoms with Gasteiger partial charge in [0, 0.05) is 17.5 Å². The molecule has 2 saturated carbocycles. The number of halogens is 4. The first-order valence-electron chi connectivity index (χ1n) is 11.4. The number of rotatable bonds is 4. The Kier molecular flexibility index (Phi) is 6.13. The van der Waals surface area contributed by atoms with Crippen LogP contribution in [0, 0.1) is 47.1 Å². The molecule has 0 bridgehead atoms. The van der Waals surface area contributed by atoms with E-state index in [0.29, 0.717) is 35.1 Å². The SMILES string of the molecule is C[C@@H](Nc1c(-c2c(F)cc(C#CC3[C@H]4CNC[C@@H]34)cc2F)c(Cl)nc2ncnn12)C1CCC1.Cl. The molecule has 34 heavy (non-hydrogen) atoms. The van der Waals surface area contributed by atoms with Crippen LogP contribution in [0.2, 0.25) is 5.15 Å². The largest absolute Gasteiger partial charge is 0.367 e. The van der Waals surface area contributed by atoms with Gasteiger partial charge in [0.15, 0.2) is 0 Å². The summed E-state index contributed by atoms with van der Waals surface area (Å²) in [6, 6.07) is 2.61. The summed E-state index contributed by atoms with van der Waals surface area (Å²) >= 11 is 6.46. The number of fused-ring (bicyclic) bond motifs is 2. The van der Waals surface area contributed by atoms with Gasteiger partial charge in [-0.3, -0.25) is 0 Å². The van der Waals surface area contributed by atoms with Crippen LogP contribution in [0.3, 0.4) is 0 Å². The highest BCUT2D eigenvalue weighted by molar-refractivity contribution is 6.33. The van der Waals surface area contributed by atoms with Crippen molar-refractivity contribution in [2.45, 2.75) is 32.2 Å². The van der Waals surface area contributed by atoms with Gasteiger partial charge in [-0.1, -0.05) is 29.9 Å². The van der Waals surface area contributed by atoms with Gasteiger partial charge in [-0.25, -0.2) is 8.78 Å². The van der Waals surface area contributed by atoms with Crippen molar-refractivity contribution in [1.29, 1.82) is 0 Å². The minimum absolute atomic E-state index is 0. The summed E-state index contributed by atoms with van der Waals surface area (Å²) in [4.78, 5) is 8.31. The number of piperidine rings is 1. The molecule has 6 rings (SSSR count). The van der Waals surface area contributed by atoms with Gasteiger partial charge in [0.1, 0.15) is 28.9 Å². The van der Waals surface area contributed by atoms with E-state index >= 15 is 8.78 Å². The van der Waals surface area contributed by atoms with E-state index in [2.05, 4.69) is 44.5 Å². The van der Waals surface area contributed by atoms with Crippen molar-refractivity contribution in [2.24, 2.45) is 23.7 Å². The van der Waals surface area contributed by atoms with Crippen LogP contribution in [0.5, 0.6) is 0 Å². The smallest absolute Gasteiger partial charge is 0.255 e. The zero-order valence-corrected chi connectivity index (χ0v) is 20.1. The lowest BCUT2D eigenvalue weighted by atomic mass is 9.80. The number of hydrogen-bond acceptors (Lipinski definition) is 5. The Hall–Kier alpha value is -2.47. The lowest BCUT2D eigenvalue weighted by Crippen LogP contribution is -2.32. The summed E-state index contributed by atoms with van der Waals surface area (Å²) in [5, 5.41) is 10.9. The Bertz CT molecular complexity index is 1280. The fourth-order valence-electron chi connectivity index (χ4n) is 5.13. The van der Waals surface area contributed by atoms with Crippen molar-refractivity contribution in [3.8, 4) is 23.0 Å². The molecule has 0 spiro atoms. The number of aromatic nitrogens is 4. The van der Waals surface area contributed by atoms with Gasteiger partial charge < -0.3 is 10.6 Å². The fraction of sp³-hybridized carbons (Fsp3) is 0.458. The molecule has 1 aliphatic heterocycles. The first-order valence-corrected chi connectivity index (χ1v) is 11.8. The average molecular weight is 505 g/mol. The number of hydrogen-bond donors (Lipinski definition) is 2. The maximum Gasteiger partial charge on any atom is 0.255 e. The molecule has 1 saturated heterocycles. The van der Waals surface area contributed by atoms with Gasteiger partial charge in [-0.2, -0.15) is 19.6 Å². The molecule has 0 amide bonds. The molecular formula is C24H24Cl2F2N6. The van der Waals surface area contributed by atoms with Crippen LogP contribution >= 0.6 is 24.0 Å². The summed E-state index contributed by atoms with van der Waals surface area (Å²) in [7, 11) is 0. The van der Waals surface area contributed by atoms with E-state index in [1.54, 1.807) is 0 Å². The van der Waals surface area contributed by atoms with Crippen LogP contribution in [-0.4, -0.2) is 38.7 Å². The summed E-state index contributed by atoms with van der Waals surface area (Å²) in [5.41, 5.74) is 0.208. The number of benzene rings is 1. The second-order valence-corrected chi connectivity index (χ2v) is 9.68. The second kappa shape index (κ2) is 8.95. The van der Waals surface area contributed by atoms with Gasteiger partial charge in [0.2, 0.25) is 0 Å². The first-order chi connectivity index (χ1) is 16.0. The van der Waals surface area contributed by atoms with E-state index in [1.807, 2.05) is 0 Å². The van der Waals surface area contributed by atoms with Crippen molar-refractivity contribution in [3.05, 3.63) is 40.8 Å². The van der Waals surface area contributed by atoms with Crippen LogP contribution in [0.4, 0.5) is 14.6 Å². The van der Waals surface area contributed by atoms with Gasteiger partial charge in [0.05, 0.1) is 11.1 Å². The maximum absolute atomic E-state index is 15.3. The van der Waals surface area contributed by atoms with Gasteiger partial charge >= 0.3 is 0 Å². The Morgan fingerprint density at radius 3 is 2.53 bits per heavy atom. The normalized spacial score (nSPS) is 23.9. The highest BCUT2D eigenvalue weighted by Crippen LogP contribution is 2.48. The molecule has 3 heterocycles. The van der Waals surface area contributed by atoms with Crippen LogP contribution in [0.1, 0.15) is 31.7 Å². The zero-order valence-electron chi connectivity index (χ0n) is 18.5. The highest BCUT2D eigenvalue weighted by Gasteiger charge is 2.51. The maximum atomic E-state index is 15.3. The number of nitrogens with zero attached hydrogens (tertiary/aromatic N) is 4. The summed E-state index contributed by atoms with van der Waals surface area (Å²) in [5.74, 6) is 7.25. The van der Waals surface area contributed by atoms with E-state index in [4.69, 9.17) is 11.6 Å². The van der Waals surface area contributed by atoms with Crippen LogP contribution in [0.25, 0.3) is 16.9 Å². The Morgan fingerprint density at radius 2 is 1.88 bits per heavy atom. The monoisotopic (exact) mass is 504 g/mol. The summed E-state index contributed by atoms with van der Waals surface area (Å²) in [6.07, 6.45) is 4.75. The van der Waals surface area contributed by atoms with E-state index in [9.17, 15) is 0 Å². The Labute approximate surface area is 207 Å². The minimum atomic E-state index is -0.737. The molecule has 6 nitrogen and oxygen atoms in total. The predicted octanol–water partition coefficient (Wildman–Crippen LogP) is 4.56. The quantitative estimate of drug-likeness (QED) is 0.402. The van der Waals surface area contributed by atoms with Crippen molar-refractivity contribution >= 4 is 35.6 Å². The highest BCUT2D eigenvalue weighted by atomic mass is 35.5. The van der Waals surface area contributed by atoms with Crippen molar-refractivity contribution < 1.29 is 8.78 Å². The van der Waals surface area contributed by atoms with Crippen LogP contribution < -0.4 is 10.6 Å². The first kappa shape index (κ1) is 23.3. The molecule has 4 atom stereocenters. The van der Waals surface area contributed by atoms with E-state index in [-0.39, 0.29) is 40.5 Å². The Balaban J connectivity index is 0.00000241.